The maximum Gasteiger partial charge on any atom is 0.276 e. The number of benzene rings is 1. The predicted molar refractivity (Wildman–Crippen MR) is 72.8 cm³/mol. The van der Waals surface area contributed by atoms with Gasteiger partial charge in [-0.15, -0.1) is 0 Å². The number of para-hydroxylation sites is 1. The second-order valence-electron chi connectivity index (χ2n) is 4.42. The van der Waals surface area contributed by atoms with Gasteiger partial charge in [0, 0.05) is 12.4 Å². The van der Waals surface area contributed by atoms with Crippen LogP contribution in [0.2, 0.25) is 0 Å². The van der Waals surface area contributed by atoms with Crippen LogP contribution in [0.3, 0.4) is 0 Å². The molecule has 3 aromatic rings. The summed E-state index contributed by atoms with van der Waals surface area (Å²) in [5.41, 5.74) is 0.744. The second kappa shape index (κ2) is 4.93. The molecule has 0 aliphatic heterocycles. The third-order valence-corrected chi connectivity index (χ3v) is 3.04. The Hall–Kier alpha value is -2.83. The molecule has 0 unspecified atom stereocenters. The summed E-state index contributed by atoms with van der Waals surface area (Å²) < 4.78 is 27.8. The van der Waals surface area contributed by atoms with Crippen molar-refractivity contribution in [3.8, 4) is 0 Å². The van der Waals surface area contributed by atoms with Gasteiger partial charge in [-0.1, -0.05) is 18.2 Å². The quantitative estimate of drug-likeness (QED) is 0.737. The van der Waals surface area contributed by atoms with E-state index >= 15 is 0 Å². The first-order chi connectivity index (χ1) is 10.1. The fourth-order valence-corrected chi connectivity index (χ4v) is 2.07. The number of nitrogens with zero attached hydrogens (tertiary/aromatic N) is 3. The van der Waals surface area contributed by atoms with Gasteiger partial charge in [0.25, 0.3) is 5.91 Å². The highest BCUT2D eigenvalue weighted by molar-refractivity contribution is 6.11. The molecule has 2 heterocycles. The lowest BCUT2D eigenvalue weighted by Gasteiger charge is -2.04. The molecule has 106 valence electrons. The minimum Gasteiger partial charge on any atom is -0.317 e. The summed E-state index contributed by atoms with van der Waals surface area (Å²) in [4.78, 5) is 15.2. The molecule has 7 heteroatoms. The van der Waals surface area contributed by atoms with Crippen molar-refractivity contribution in [1.29, 1.82) is 0 Å². The largest absolute Gasteiger partial charge is 0.317 e. The molecule has 0 spiro atoms. The molecule has 0 saturated heterocycles. The molecular weight excluding hydrogens is 278 g/mol. The van der Waals surface area contributed by atoms with E-state index in [2.05, 4.69) is 15.4 Å². The average molecular weight is 288 g/mol. The Morgan fingerprint density at radius 1 is 1.19 bits per heavy atom. The molecule has 0 bridgehead atoms. The summed E-state index contributed by atoms with van der Waals surface area (Å²) in [5.74, 6) is -2.61. The minimum absolute atomic E-state index is 0.164. The minimum atomic E-state index is -1.08. The molecule has 2 aromatic heterocycles. The third kappa shape index (κ3) is 2.33. The lowest BCUT2D eigenvalue weighted by atomic mass is 10.2. The van der Waals surface area contributed by atoms with E-state index in [9.17, 15) is 13.6 Å². The van der Waals surface area contributed by atoms with Gasteiger partial charge in [0.1, 0.15) is 0 Å². The summed E-state index contributed by atoms with van der Waals surface area (Å²) in [5, 5.41) is 7.11. The SMILES string of the molecule is Cn1nc(C(=O)Nc2ccc(F)nc2F)c2ccccc21. The number of carbonyl (C=O) groups excluding carboxylic acids is 1. The number of nitrogens with one attached hydrogen (secondary N) is 1. The number of aryl methyl sites for hydroxylation is 1. The van der Waals surface area contributed by atoms with Crippen LogP contribution in [0.4, 0.5) is 14.5 Å². The summed E-state index contributed by atoms with van der Waals surface area (Å²) in [6.45, 7) is 0. The van der Waals surface area contributed by atoms with Crippen LogP contribution < -0.4 is 5.32 Å². The molecule has 0 atom stereocenters. The van der Waals surface area contributed by atoms with Crippen molar-refractivity contribution in [3.05, 3.63) is 54.0 Å². The van der Waals surface area contributed by atoms with E-state index in [0.717, 1.165) is 17.6 Å². The first-order valence-corrected chi connectivity index (χ1v) is 6.11. The Morgan fingerprint density at radius 3 is 2.71 bits per heavy atom. The van der Waals surface area contributed by atoms with Gasteiger partial charge in [0.05, 0.1) is 11.2 Å². The van der Waals surface area contributed by atoms with Crippen LogP contribution in [0.15, 0.2) is 36.4 Å². The molecule has 21 heavy (non-hydrogen) atoms. The van der Waals surface area contributed by atoms with Gasteiger partial charge >= 0.3 is 0 Å². The molecule has 0 radical (unpaired) electrons. The molecule has 0 saturated carbocycles. The van der Waals surface area contributed by atoms with E-state index in [1.54, 1.807) is 23.9 Å². The molecule has 0 aliphatic carbocycles. The number of fused-ring (bicyclic) bond motifs is 1. The number of aromatic nitrogens is 3. The first kappa shape index (κ1) is 13.2. The number of halogens is 2. The highest BCUT2D eigenvalue weighted by Gasteiger charge is 2.17. The number of hydrogen-bond acceptors (Lipinski definition) is 3. The van der Waals surface area contributed by atoms with Gasteiger partial charge in [0.2, 0.25) is 11.9 Å². The van der Waals surface area contributed by atoms with Crippen molar-refractivity contribution in [2.45, 2.75) is 0 Å². The Bertz CT molecular complexity index is 844. The third-order valence-electron chi connectivity index (χ3n) is 3.04. The van der Waals surface area contributed by atoms with Crippen molar-refractivity contribution in [2.75, 3.05) is 5.32 Å². The van der Waals surface area contributed by atoms with Gasteiger partial charge in [-0.3, -0.25) is 9.48 Å². The molecule has 0 aliphatic rings. The van der Waals surface area contributed by atoms with Crippen LogP contribution in [0.5, 0.6) is 0 Å². The number of hydrogen-bond donors (Lipinski definition) is 1. The van der Waals surface area contributed by atoms with Crippen LogP contribution in [0.1, 0.15) is 10.5 Å². The van der Waals surface area contributed by atoms with Gasteiger partial charge in [-0.2, -0.15) is 18.9 Å². The number of carbonyl (C=O) groups is 1. The molecule has 1 aromatic carbocycles. The van der Waals surface area contributed by atoms with E-state index in [1.807, 2.05) is 12.1 Å². The summed E-state index contributed by atoms with van der Waals surface area (Å²) in [6.07, 6.45) is 0. The summed E-state index contributed by atoms with van der Waals surface area (Å²) in [7, 11) is 1.71. The van der Waals surface area contributed by atoms with Crippen molar-refractivity contribution < 1.29 is 13.6 Å². The first-order valence-electron chi connectivity index (χ1n) is 6.11. The molecule has 1 N–H and O–H groups in total. The Labute approximate surface area is 118 Å². The van der Waals surface area contributed by atoms with Crippen molar-refractivity contribution in [1.82, 2.24) is 14.8 Å². The number of amides is 1. The van der Waals surface area contributed by atoms with Gasteiger partial charge in [0.15, 0.2) is 5.69 Å². The Balaban J connectivity index is 1.98. The zero-order valence-electron chi connectivity index (χ0n) is 11.0. The summed E-state index contributed by atoms with van der Waals surface area (Å²) >= 11 is 0. The van der Waals surface area contributed by atoms with Crippen LogP contribution in [-0.4, -0.2) is 20.7 Å². The number of anilines is 1. The molecule has 0 fully saturated rings. The van der Waals surface area contributed by atoms with E-state index in [0.29, 0.717) is 5.39 Å². The normalized spacial score (nSPS) is 10.8. The fraction of sp³-hybridized carbons (Fsp3) is 0.0714. The molecule has 5 nitrogen and oxygen atoms in total. The standard InChI is InChI=1S/C14H10F2N4O/c1-20-10-5-3-2-4-8(10)12(19-20)14(21)17-9-6-7-11(15)18-13(9)16/h2-7H,1H3,(H,17,21). The molecular formula is C14H10F2N4O. The maximum absolute atomic E-state index is 13.5. The zero-order valence-corrected chi connectivity index (χ0v) is 11.0. The van der Waals surface area contributed by atoms with Crippen LogP contribution in [0.25, 0.3) is 10.9 Å². The predicted octanol–water partition coefficient (Wildman–Crippen LogP) is 2.50. The molecule has 1 amide bonds. The highest BCUT2D eigenvalue weighted by atomic mass is 19.1. The second-order valence-corrected chi connectivity index (χ2v) is 4.42. The zero-order chi connectivity index (χ0) is 15.0. The van der Waals surface area contributed by atoms with Crippen molar-refractivity contribution in [2.24, 2.45) is 7.05 Å². The monoisotopic (exact) mass is 288 g/mol. The Kier molecular flexibility index (Phi) is 3.09. The van der Waals surface area contributed by atoms with E-state index < -0.39 is 17.8 Å². The van der Waals surface area contributed by atoms with Crippen molar-refractivity contribution >= 4 is 22.5 Å². The van der Waals surface area contributed by atoms with Crippen molar-refractivity contribution in [3.63, 3.8) is 0 Å². The Morgan fingerprint density at radius 2 is 1.95 bits per heavy atom. The van der Waals surface area contributed by atoms with Gasteiger partial charge in [-0.25, -0.2) is 0 Å². The smallest absolute Gasteiger partial charge is 0.276 e. The lowest BCUT2D eigenvalue weighted by molar-refractivity contribution is 0.102. The van der Waals surface area contributed by atoms with E-state index in [1.165, 1.54) is 0 Å². The number of rotatable bonds is 2. The maximum atomic E-state index is 13.5. The van der Waals surface area contributed by atoms with Gasteiger partial charge < -0.3 is 5.32 Å². The topological polar surface area (TPSA) is 59.8 Å². The average Bonchev–Trinajstić information content (AvgIpc) is 2.80. The van der Waals surface area contributed by atoms with Crippen LogP contribution in [0, 0.1) is 11.9 Å². The van der Waals surface area contributed by atoms with Gasteiger partial charge in [-0.05, 0) is 18.2 Å². The molecule has 3 rings (SSSR count). The van der Waals surface area contributed by atoms with Crippen LogP contribution in [-0.2, 0) is 7.05 Å². The van der Waals surface area contributed by atoms with E-state index in [-0.39, 0.29) is 11.4 Å². The fourth-order valence-electron chi connectivity index (χ4n) is 2.07. The lowest BCUT2D eigenvalue weighted by Crippen LogP contribution is -2.15. The summed E-state index contributed by atoms with van der Waals surface area (Å²) in [6, 6.07) is 9.25. The number of pyridine rings is 1. The van der Waals surface area contributed by atoms with E-state index in [4.69, 9.17) is 0 Å². The highest BCUT2D eigenvalue weighted by Crippen LogP contribution is 2.19. The van der Waals surface area contributed by atoms with Crippen LogP contribution >= 0.6 is 0 Å².